The van der Waals surface area contributed by atoms with Gasteiger partial charge in [0.05, 0.1) is 11.4 Å². The van der Waals surface area contributed by atoms with Crippen molar-refractivity contribution < 1.29 is 9.59 Å². The minimum atomic E-state index is -0.592. The molecule has 3 aromatic carbocycles. The molecule has 7 heteroatoms. The van der Waals surface area contributed by atoms with Crippen LogP contribution in [-0.4, -0.2) is 33.5 Å². The Bertz CT molecular complexity index is 1270. The van der Waals surface area contributed by atoms with Crippen LogP contribution in [0.15, 0.2) is 88.8 Å². The van der Waals surface area contributed by atoms with E-state index >= 15 is 0 Å². The van der Waals surface area contributed by atoms with Crippen LogP contribution >= 0.6 is 11.8 Å². The molecular weight excluding hydrogens is 420 g/mol. The van der Waals surface area contributed by atoms with Gasteiger partial charge in [0.15, 0.2) is 5.17 Å². The first kappa shape index (κ1) is 20.2. The van der Waals surface area contributed by atoms with Gasteiger partial charge in [-0.15, -0.1) is 0 Å². The maximum atomic E-state index is 12.9. The minimum Gasteiger partial charge on any atom is -0.325 e. The third-order valence-corrected chi connectivity index (χ3v) is 6.32. The van der Waals surface area contributed by atoms with Gasteiger partial charge in [-0.05, 0) is 36.2 Å². The van der Waals surface area contributed by atoms with Crippen molar-refractivity contribution in [2.75, 3.05) is 11.1 Å². The maximum absolute atomic E-state index is 12.9. The van der Waals surface area contributed by atoms with Crippen LogP contribution in [0, 0.1) is 6.92 Å². The summed E-state index contributed by atoms with van der Waals surface area (Å²) in [7, 11) is 0. The summed E-state index contributed by atoms with van der Waals surface area (Å²) in [6.07, 6.45) is 0. The van der Waals surface area contributed by atoms with E-state index in [2.05, 4.69) is 10.3 Å². The Kier molecular flexibility index (Phi) is 5.33. The van der Waals surface area contributed by atoms with Crippen molar-refractivity contribution in [2.24, 2.45) is 9.98 Å². The lowest BCUT2D eigenvalue weighted by molar-refractivity contribution is -0.119. The average molecular weight is 441 g/mol. The van der Waals surface area contributed by atoms with Crippen molar-refractivity contribution in [1.82, 2.24) is 4.90 Å². The first-order chi connectivity index (χ1) is 15.6. The van der Waals surface area contributed by atoms with Crippen molar-refractivity contribution in [3.63, 3.8) is 0 Å². The number of carbonyl (C=O) groups is 2. The van der Waals surface area contributed by atoms with Crippen LogP contribution in [-0.2, 0) is 9.59 Å². The maximum Gasteiger partial charge on any atom is 0.275 e. The topological polar surface area (TPSA) is 74.1 Å². The molecule has 1 atom stereocenters. The molecule has 32 heavy (non-hydrogen) atoms. The second-order valence-electron chi connectivity index (χ2n) is 7.52. The number of amides is 2. The molecule has 6 nitrogen and oxygen atoms in total. The van der Waals surface area contributed by atoms with E-state index in [1.54, 1.807) is 0 Å². The number of para-hydroxylation sites is 2. The van der Waals surface area contributed by atoms with Crippen LogP contribution < -0.4 is 5.32 Å². The summed E-state index contributed by atoms with van der Waals surface area (Å²) >= 11 is 1.30. The van der Waals surface area contributed by atoms with Gasteiger partial charge in [-0.25, -0.2) is 4.99 Å². The molecule has 0 aliphatic carbocycles. The Balaban J connectivity index is 1.44. The summed E-state index contributed by atoms with van der Waals surface area (Å²) in [5.41, 5.74) is 4.18. The number of thioether (sulfide) groups is 1. The van der Waals surface area contributed by atoms with E-state index in [0.717, 1.165) is 28.1 Å². The van der Waals surface area contributed by atoms with Crippen LogP contribution in [0.4, 0.5) is 11.4 Å². The number of nitrogens with one attached hydrogen (secondary N) is 1. The smallest absolute Gasteiger partial charge is 0.275 e. The number of benzene rings is 3. The van der Waals surface area contributed by atoms with Crippen LogP contribution in [0.5, 0.6) is 0 Å². The summed E-state index contributed by atoms with van der Waals surface area (Å²) in [4.78, 5) is 36.6. The number of fused-ring (bicyclic) bond motifs is 3. The molecule has 0 spiro atoms. The van der Waals surface area contributed by atoms with Crippen molar-refractivity contribution in [3.05, 3.63) is 95.6 Å². The number of amidine groups is 2. The van der Waals surface area contributed by atoms with Crippen LogP contribution in [0.3, 0.4) is 0 Å². The first-order valence-electron chi connectivity index (χ1n) is 10.2. The fraction of sp³-hybridized carbons (Fsp3) is 0.120. The first-order valence-corrected chi connectivity index (χ1v) is 11.2. The fourth-order valence-corrected chi connectivity index (χ4v) is 4.64. The van der Waals surface area contributed by atoms with E-state index in [1.165, 1.54) is 11.8 Å². The molecule has 1 unspecified atom stereocenters. The van der Waals surface area contributed by atoms with E-state index < -0.39 is 6.04 Å². The summed E-state index contributed by atoms with van der Waals surface area (Å²) in [5.74, 6) is 0.373. The molecule has 2 aliphatic rings. The minimum absolute atomic E-state index is 0.133. The predicted octanol–water partition coefficient (Wildman–Crippen LogP) is 4.70. The number of rotatable bonds is 4. The number of anilines is 1. The van der Waals surface area contributed by atoms with Gasteiger partial charge < -0.3 is 5.32 Å². The van der Waals surface area contributed by atoms with E-state index in [1.807, 2.05) is 90.7 Å². The SMILES string of the molecule is Cc1ccccc1NC(=O)CSC1=Nc2ccccc2C2=NC(=O)C(c3ccccc3)N12. The molecule has 0 radical (unpaired) electrons. The van der Waals surface area contributed by atoms with Gasteiger partial charge in [0.1, 0.15) is 11.9 Å². The summed E-state index contributed by atoms with van der Waals surface area (Å²) in [5, 5.41) is 3.54. The molecule has 3 aromatic rings. The van der Waals surface area contributed by atoms with Gasteiger partial charge in [0.25, 0.3) is 5.91 Å². The zero-order valence-electron chi connectivity index (χ0n) is 17.4. The van der Waals surface area contributed by atoms with E-state index in [-0.39, 0.29) is 17.6 Å². The third kappa shape index (κ3) is 3.71. The zero-order valence-corrected chi connectivity index (χ0v) is 18.2. The van der Waals surface area contributed by atoms with Gasteiger partial charge in [-0.3, -0.25) is 14.5 Å². The molecule has 2 amide bonds. The molecule has 5 rings (SSSR count). The quantitative estimate of drug-likeness (QED) is 0.638. The molecule has 158 valence electrons. The summed E-state index contributed by atoms with van der Waals surface area (Å²) in [6, 6.07) is 24.2. The number of nitrogens with zero attached hydrogens (tertiary/aromatic N) is 3. The van der Waals surface area contributed by atoms with E-state index in [4.69, 9.17) is 4.99 Å². The monoisotopic (exact) mass is 440 g/mol. The lowest BCUT2D eigenvalue weighted by Gasteiger charge is -2.31. The highest BCUT2D eigenvalue weighted by molar-refractivity contribution is 8.14. The normalized spacial score (nSPS) is 16.7. The van der Waals surface area contributed by atoms with E-state index in [0.29, 0.717) is 11.0 Å². The summed E-state index contributed by atoms with van der Waals surface area (Å²) < 4.78 is 0. The summed E-state index contributed by atoms with van der Waals surface area (Å²) in [6.45, 7) is 1.95. The molecule has 0 bridgehead atoms. The number of aryl methyl sites for hydroxylation is 1. The lowest BCUT2D eigenvalue weighted by Crippen LogP contribution is -2.39. The average Bonchev–Trinajstić information content (AvgIpc) is 3.17. The highest BCUT2D eigenvalue weighted by Crippen LogP contribution is 2.39. The number of aliphatic imine (C=N–C) groups is 2. The Labute approximate surface area is 190 Å². The van der Waals surface area contributed by atoms with Crippen molar-refractivity contribution in [3.8, 4) is 0 Å². The molecule has 2 aliphatic heterocycles. The van der Waals surface area contributed by atoms with E-state index in [9.17, 15) is 9.59 Å². The third-order valence-electron chi connectivity index (χ3n) is 5.37. The Morgan fingerprint density at radius 3 is 2.50 bits per heavy atom. The lowest BCUT2D eigenvalue weighted by atomic mass is 10.0. The highest BCUT2D eigenvalue weighted by atomic mass is 32.2. The highest BCUT2D eigenvalue weighted by Gasteiger charge is 2.42. The largest absolute Gasteiger partial charge is 0.325 e. The van der Waals surface area contributed by atoms with Crippen molar-refractivity contribution >= 4 is 46.0 Å². The standard InChI is InChI=1S/C25H20N4O2S/c1-16-9-5-7-13-19(16)26-21(30)15-32-25-27-20-14-8-6-12-18(20)23-28-24(31)22(29(23)25)17-10-3-2-4-11-17/h2-14,22H,15H2,1H3,(H,26,30). The van der Waals surface area contributed by atoms with Crippen LogP contribution in [0.25, 0.3) is 0 Å². The van der Waals surface area contributed by atoms with Gasteiger partial charge in [0.2, 0.25) is 5.91 Å². The molecule has 2 heterocycles. The van der Waals surface area contributed by atoms with Crippen molar-refractivity contribution in [1.29, 1.82) is 0 Å². The number of hydrogen-bond acceptors (Lipinski definition) is 5. The fourth-order valence-electron chi connectivity index (χ4n) is 3.82. The Morgan fingerprint density at radius 2 is 1.69 bits per heavy atom. The van der Waals surface area contributed by atoms with Gasteiger partial charge in [-0.2, -0.15) is 4.99 Å². The van der Waals surface area contributed by atoms with Crippen LogP contribution in [0.2, 0.25) is 0 Å². The van der Waals surface area contributed by atoms with Crippen LogP contribution in [0.1, 0.15) is 22.7 Å². The molecule has 1 N–H and O–H groups in total. The number of hydrogen-bond donors (Lipinski definition) is 1. The second-order valence-corrected chi connectivity index (χ2v) is 8.46. The molecule has 0 saturated carbocycles. The number of carbonyl (C=O) groups excluding carboxylic acids is 2. The Hall–Kier alpha value is -3.71. The van der Waals surface area contributed by atoms with Gasteiger partial charge >= 0.3 is 0 Å². The van der Waals surface area contributed by atoms with Gasteiger partial charge in [0, 0.05) is 11.3 Å². The molecule has 0 fully saturated rings. The van der Waals surface area contributed by atoms with Gasteiger partial charge in [-0.1, -0.05) is 72.4 Å². The second kappa shape index (κ2) is 8.43. The van der Waals surface area contributed by atoms with Crippen molar-refractivity contribution in [2.45, 2.75) is 13.0 Å². The predicted molar refractivity (Wildman–Crippen MR) is 128 cm³/mol. The molecule has 0 saturated heterocycles. The zero-order chi connectivity index (χ0) is 22.1. The Morgan fingerprint density at radius 1 is 0.969 bits per heavy atom. The molecule has 0 aromatic heterocycles. The molecular formula is C25H20N4O2S.